The van der Waals surface area contributed by atoms with E-state index in [0.717, 1.165) is 0 Å². The third-order valence-electron chi connectivity index (χ3n) is 4.33. The van der Waals surface area contributed by atoms with Gasteiger partial charge in [-0.15, -0.1) is 0 Å². The van der Waals surface area contributed by atoms with Crippen molar-refractivity contribution in [3.05, 3.63) is 0 Å². The van der Waals surface area contributed by atoms with Crippen molar-refractivity contribution in [2.45, 2.75) is 57.7 Å². The lowest BCUT2D eigenvalue weighted by molar-refractivity contribution is -0.142. The molecule has 0 fully saturated rings. The number of aliphatic carboxylic acids is 1. The van der Waals surface area contributed by atoms with E-state index in [0.29, 0.717) is 6.42 Å². The molecule has 4 unspecified atom stereocenters. The summed E-state index contributed by atoms with van der Waals surface area (Å²) in [5.74, 6) is -5.61. The molecule has 0 saturated heterocycles. The second kappa shape index (κ2) is 13.1. The molecule has 0 heterocycles. The monoisotopic (exact) mass is 430 g/mol. The van der Waals surface area contributed by atoms with Gasteiger partial charge in [-0.2, -0.15) is 0 Å². The SMILES string of the molecule is CCC(C)C(N)C(=O)NCC(=O)NC(CC(N)=O)C(=O)NC(CCC(N)=O)C(=O)O. The van der Waals surface area contributed by atoms with Crippen LogP contribution < -0.4 is 33.2 Å². The predicted molar refractivity (Wildman–Crippen MR) is 104 cm³/mol. The van der Waals surface area contributed by atoms with E-state index >= 15 is 0 Å². The minimum Gasteiger partial charge on any atom is -0.480 e. The van der Waals surface area contributed by atoms with Gasteiger partial charge in [0.2, 0.25) is 29.5 Å². The molecule has 5 amide bonds. The Balaban J connectivity index is 4.97. The van der Waals surface area contributed by atoms with Gasteiger partial charge >= 0.3 is 5.97 Å². The van der Waals surface area contributed by atoms with Crippen LogP contribution in [-0.2, 0) is 28.8 Å². The van der Waals surface area contributed by atoms with E-state index in [1.165, 1.54) is 0 Å². The molecule has 0 aliphatic carbocycles. The number of hydrogen-bond donors (Lipinski definition) is 7. The number of rotatable bonds is 14. The fourth-order valence-electron chi connectivity index (χ4n) is 2.27. The van der Waals surface area contributed by atoms with Crippen LogP contribution in [0.3, 0.4) is 0 Å². The molecule has 0 aromatic carbocycles. The van der Waals surface area contributed by atoms with Crippen LogP contribution in [0.25, 0.3) is 0 Å². The van der Waals surface area contributed by atoms with E-state index in [1.54, 1.807) is 6.92 Å². The van der Waals surface area contributed by atoms with Crippen LogP contribution in [0, 0.1) is 5.92 Å². The molecule has 0 aromatic heterocycles. The maximum absolute atomic E-state index is 12.3. The van der Waals surface area contributed by atoms with E-state index in [-0.39, 0.29) is 18.8 Å². The van der Waals surface area contributed by atoms with Crippen LogP contribution in [0.2, 0.25) is 0 Å². The van der Waals surface area contributed by atoms with Gasteiger partial charge in [-0.3, -0.25) is 24.0 Å². The molecule has 13 heteroatoms. The van der Waals surface area contributed by atoms with Crippen LogP contribution in [0.15, 0.2) is 0 Å². The number of primary amides is 2. The first-order valence-corrected chi connectivity index (χ1v) is 9.31. The van der Waals surface area contributed by atoms with Gasteiger partial charge in [-0.1, -0.05) is 20.3 Å². The summed E-state index contributed by atoms with van der Waals surface area (Å²) in [7, 11) is 0. The number of nitrogens with two attached hydrogens (primary N) is 3. The maximum Gasteiger partial charge on any atom is 0.326 e. The third-order valence-corrected chi connectivity index (χ3v) is 4.33. The van der Waals surface area contributed by atoms with Gasteiger partial charge in [-0.25, -0.2) is 4.79 Å². The minimum absolute atomic E-state index is 0.116. The second-order valence-electron chi connectivity index (χ2n) is 6.82. The van der Waals surface area contributed by atoms with E-state index in [2.05, 4.69) is 16.0 Å². The van der Waals surface area contributed by atoms with Gasteiger partial charge in [0.25, 0.3) is 0 Å². The number of nitrogens with one attached hydrogen (secondary N) is 3. The lowest BCUT2D eigenvalue weighted by Gasteiger charge is -2.21. The van der Waals surface area contributed by atoms with Crippen LogP contribution in [0.5, 0.6) is 0 Å². The average molecular weight is 430 g/mol. The zero-order valence-electron chi connectivity index (χ0n) is 17.0. The highest BCUT2D eigenvalue weighted by molar-refractivity contribution is 5.95. The Kier molecular flexibility index (Phi) is 11.7. The van der Waals surface area contributed by atoms with Crippen molar-refractivity contribution in [3.63, 3.8) is 0 Å². The molecule has 30 heavy (non-hydrogen) atoms. The minimum atomic E-state index is -1.48. The number of carbonyl (C=O) groups is 6. The number of carbonyl (C=O) groups excluding carboxylic acids is 5. The number of amides is 5. The average Bonchev–Trinajstić information content (AvgIpc) is 2.66. The van der Waals surface area contributed by atoms with Crippen molar-refractivity contribution in [3.8, 4) is 0 Å². The molecule has 0 aliphatic heterocycles. The van der Waals surface area contributed by atoms with Crippen molar-refractivity contribution in [2.24, 2.45) is 23.1 Å². The first kappa shape index (κ1) is 26.8. The molecule has 0 bridgehead atoms. The maximum atomic E-state index is 12.3. The highest BCUT2D eigenvalue weighted by atomic mass is 16.4. The molecular formula is C17H30N6O7. The van der Waals surface area contributed by atoms with Crippen LogP contribution in [0.4, 0.5) is 0 Å². The van der Waals surface area contributed by atoms with Gasteiger partial charge < -0.3 is 38.3 Å². The van der Waals surface area contributed by atoms with Crippen LogP contribution in [0.1, 0.15) is 39.5 Å². The van der Waals surface area contributed by atoms with Crippen molar-refractivity contribution in [2.75, 3.05) is 6.54 Å². The zero-order chi connectivity index (χ0) is 23.4. The number of carboxylic acid groups (broad SMARTS) is 1. The molecule has 0 saturated carbocycles. The Labute approximate surface area is 173 Å². The molecule has 0 aromatic rings. The van der Waals surface area contributed by atoms with Gasteiger partial charge in [0, 0.05) is 6.42 Å². The normalized spacial score (nSPS) is 14.5. The largest absolute Gasteiger partial charge is 0.480 e. The summed E-state index contributed by atoms with van der Waals surface area (Å²) >= 11 is 0. The number of carboxylic acids is 1. The lowest BCUT2D eigenvalue weighted by Crippen LogP contribution is -2.55. The van der Waals surface area contributed by atoms with Crippen LogP contribution in [-0.4, -0.2) is 65.3 Å². The van der Waals surface area contributed by atoms with Crippen molar-refractivity contribution in [1.82, 2.24) is 16.0 Å². The summed E-state index contributed by atoms with van der Waals surface area (Å²) in [6, 6.07) is -3.77. The summed E-state index contributed by atoms with van der Waals surface area (Å²) in [5, 5.41) is 15.8. The molecule has 0 radical (unpaired) electrons. The Bertz CT molecular complexity index is 669. The van der Waals surface area contributed by atoms with E-state index in [9.17, 15) is 28.8 Å². The lowest BCUT2D eigenvalue weighted by atomic mass is 9.99. The topological polar surface area (TPSA) is 237 Å². The van der Waals surface area contributed by atoms with E-state index in [1.807, 2.05) is 6.92 Å². The number of hydrogen-bond acceptors (Lipinski definition) is 7. The van der Waals surface area contributed by atoms with Crippen LogP contribution >= 0.6 is 0 Å². The second-order valence-corrected chi connectivity index (χ2v) is 6.82. The third kappa shape index (κ3) is 10.4. The van der Waals surface area contributed by atoms with Gasteiger partial charge in [0.05, 0.1) is 19.0 Å². The summed E-state index contributed by atoms with van der Waals surface area (Å²) in [6.07, 6.45) is -0.536. The standard InChI is InChI=1S/C17H30N6O7/c1-3-8(2)14(20)16(28)21-7-13(26)22-10(6-12(19)25)15(27)23-9(17(29)30)4-5-11(18)24/h8-10,14H,3-7,20H2,1-2H3,(H2,18,24)(H2,19,25)(H,21,28)(H,22,26)(H,23,27)(H,29,30). The van der Waals surface area contributed by atoms with Gasteiger partial charge in [-0.05, 0) is 12.3 Å². The Morgan fingerprint density at radius 2 is 1.53 bits per heavy atom. The first-order valence-electron chi connectivity index (χ1n) is 9.31. The zero-order valence-corrected chi connectivity index (χ0v) is 17.0. The molecule has 4 atom stereocenters. The quantitative estimate of drug-likeness (QED) is 0.147. The molecular weight excluding hydrogens is 400 g/mol. The van der Waals surface area contributed by atoms with E-state index < -0.39 is 66.6 Å². The molecule has 0 aliphatic rings. The molecule has 170 valence electrons. The van der Waals surface area contributed by atoms with Crippen molar-refractivity contribution in [1.29, 1.82) is 0 Å². The molecule has 13 nitrogen and oxygen atoms in total. The molecule has 10 N–H and O–H groups in total. The fourth-order valence-corrected chi connectivity index (χ4v) is 2.27. The highest BCUT2D eigenvalue weighted by Crippen LogP contribution is 2.05. The highest BCUT2D eigenvalue weighted by Gasteiger charge is 2.28. The van der Waals surface area contributed by atoms with Gasteiger partial charge in [0.1, 0.15) is 12.1 Å². The first-order chi connectivity index (χ1) is 13.9. The van der Waals surface area contributed by atoms with E-state index in [4.69, 9.17) is 22.3 Å². The fraction of sp³-hybridized carbons (Fsp3) is 0.647. The smallest absolute Gasteiger partial charge is 0.326 e. The summed E-state index contributed by atoms with van der Waals surface area (Å²) < 4.78 is 0. The summed E-state index contributed by atoms with van der Waals surface area (Å²) in [4.78, 5) is 69.6. The Morgan fingerprint density at radius 3 is 2.00 bits per heavy atom. The van der Waals surface area contributed by atoms with Crippen molar-refractivity contribution < 1.29 is 33.9 Å². The Hall–Kier alpha value is -3.22. The Morgan fingerprint density at radius 1 is 0.933 bits per heavy atom. The summed E-state index contributed by atoms with van der Waals surface area (Å²) in [6.45, 7) is 3.11. The van der Waals surface area contributed by atoms with Crippen molar-refractivity contribution >= 4 is 35.5 Å². The predicted octanol–water partition coefficient (Wildman–Crippen LogP) is -3.33. The molecule has 0 rings (SSSR count). The summed E-state index contributed by atoms with van der Waals surface area (Å²) in [5.41, 5.74) is 15.8. The molecule has 0 spiro atoms. The van der Waals surface area contributed by atoms with Gasteiger partial charge in [0.15, 0.2) is 0 Å².